The molecule has 1 aromatic carbocycles. The van der Waals surface area contributed by atoms with E-state index in [0.717, 1.165) is 20.1 Å². The van der Waals surface area contributed by atoms with Gasteiger partial charge in [-0.3, -0.25) is 4.79 Å². The number of carbonyl (C=O) groups is 1. The van der Waals surface area contributed by atoms with E-state index in [9.17, 15) is 4.79 Å². The predicted molar refractivity (Wildman–Crippen MR) is 88.3 cm³/mol. The van der Waals surface area contributed by atoms with Gasteiger partial charge in [-0.1, -0.05) is 45.9 Å². The Bertz CT molecular complexity index is 600. The summed E-state index contributed by atoms with van der Waals surface area (Å²) in [6.07, 6.45) is 0. The van der Waals surface area contributed by atoms with Crippen LogP contribution in [-0.4, -0.2) is 16.6 Å². The Balaban J connectivity index is 1.87. The lowest BCUT2D eigenvalue weighted by atomic mass is 10.1. The van der Waals surface area contributed by atoms with E-state index >= 15 is 0 Å². The molecule has 0 unspecified atom stereocenters. The quantitative estimate of drug-likeness (QED) is 0.802. The minimum atomic E-state index is -0.0169. The molecule has 20 heavy (non-hydrogen) atoms. The highest BCUT2D eigenvalue weighted by molar-refractivity contribution is 9.10. The fourth-order valence-corrected chi connectivity index (χ4v) is 4.00. The lowest BCUT2D eigenvalue weighted by molar-refractivity contribution is -0.119. The molecule has 0 aliphatic heterocycles. The van der Waals surface area contributed by atoms with Crippen LogP contribution in [-0.2, 0) is 4.79 Å². The number of benzene rings is 1. The molecule has 1 aromatic heterocycles. The molecule has 0 aliphatic carbocycles. The number of carbonyl (C=O) groups excluding carboxylic acids is 1. The summed E-state index contributed by atoms with van der Waals surface area (Å²) >= 11 is 6.55. The van der Waals surface area contributed by atoms with Crippen molar-refractivity contribution in [2.24, 2.45) is 0 Å². The number of nitrogens with one attached hydrogen (secondary N) is 1. The fourth-order valence-electron chi connectivity index (χ4n) is 1.71. The molecule has 0 saturated heterocycles. The van der Waals surface area contributed by atoms with Gasteiger partial charge >= 0.3 is 0 Å². The summed E-state index contributed by atoms with van der Waals surface area (Å²) in [5.41, 5.74) is 2.08. The molecule has 1 heterocycles. The van der Waals surface area contributed by atoms with Crippen LogP contribution in [0.2, 0.25) is 0 Å². The third-order valence-corrected chi connectivity index (χ3v) is 5.53. The molecule has 0 fully saturated rings. The van der Waals surface area contributed by atoms with Crippen molar-refractivity contribution in [2.75, 3.05) is 5.75 Å². The summed E-state index contributed by atoms with van der Waals surface area (Å²) in [6.45, 7) is 3.94. The second-order valence-corrected chi connectivity index (χ2v) is 7.29. The Morgan fingerprint density at radius 3 is 2.90 bits per heavy atom. The van der Waals surface area contributed by atoms with E-state index in [2.05, 4.69) is 26.2 Å². The van der Waals surface area contributed by atoms with Crippen LogP contribution in [0.1, 0.15) is 24.2 Å². The van der Waals surface area contributed by atoms with E-state index in [1.807, 2.05) is 43.5 Å². The van der Waals surface area contributed by atoms with Gasteiger partial charge in [0.05, 0.1) is 11.8 Å². The molecular weight excluding hydrogens is 356 g/mol. The van der Waals surface area contributed by atoms with Crippen molar-refractivity contribution < 1.29 is 4.79 Å². The molecule has 0 radical (unpaired) electrons. The average Bonchev–Trinajstić information content (AvgIpc) is 2.82. The first kappa shape index (κ1) is 15.5. The van der Waals surface area contributed by atoms with Gasteiger partial charge < -0.3 is 5.32 Å². The Hall–Kier alpha value is -0.850. The van der Waals surface area contributed by atoms with Crippen LogP contribution in [0.5, 0.6) is 0 Å². The fraction of sp³-hybridized carbons (Fsp3) is 0.286. The number of hydrogen-bond donors (Lipinski definition) is 1. The normalized spacial score (nSPS) is 12.2. The molecule has 6 heteroatoms. The van der Waals surface area contributed by atoms with Gasteiger partial charge in [0.15, 0.2) is 4.34 Å². The van der Waals surface area contributed by atoms with E-state index in [4.69, 9.17) is 0 Å². The summed E-state index contributed by atoms with van der Waals surface area (Å²) in [6, 6.07) is 7.90. The van der Waals surface area contributed by atoms with Crippen molar-refractivity contribution in [1.29, 1.82) is 0 Å². The zero-order valence-corrected chi connectivity index (χ0v) is 14.4. The molecule has 0 bridgehead atoms. The van der Waals surface area contributed by atoms with Crippen LogP contribution in [0.15, 0.2) is 38.5 Å². The standard InChI is InChI=1S/C14H15BrN2OS2/c1-9-7-19-14(16-9)20-8-13(18)17-10(2)11-5-3-4-6-12(11)15/h3-7,10H,8H2,1-2H3,(H,17,18)/t10-/m0/s1. The van der Waals surface area contributed by atoms with Crippen molar-refractivity contribution in [3.05, 3.63) is 45.4 Å². The minimum absolute atomic E-state index is 0.0169. The first-order chi connectivity index (χ1) is 9.56. The monoisotopic (exact) mass is 370 g/mol. The molecule has 0 saturated carbocycles. The van der Waals surface area contributed by atoms with Crippen molar-refractivity contribution in [3.8, 4) is 0 Å². The molecule has 2 aromatic rings. The van der Waals surface area contributed by atoms with Crippen LogP contribution < -0.4 is 5.32 Å². The molecule has 106 valence electrons. The van der Waals surface area contributed by atoms with Crippen LogP contribution in [0.4, 0.5) is 0 Å². The third-order valence-electron chi connectivity index (χ3n) is 2.67. The lowest BCUT2D eigenvalue weighted by Gasteiger charge is -2.15. The molecule has 1 amide bonds. The number of halogens is 1. The van der Waals surface area contributed by atoms with E-state index in [1.165, 1.54) is 11.8 Å². The van der Waals surface area contributed by atoms with Gasteiger partial charge in [0.1, 0.15) is 0 Å². The largest absolute Gasteiger partial charge is 0.349 e. The summed E-state index contributed by atoms with van der Waals surface area (Å²) < 4.78 is 1.95. The first-order valence-electron chi connectivity index (χ1n) is 6.15. The summed E-state index contributed by atoms with van der Waals surface area (Å²) in [5.74, 6) is 0.410. The van der Waals surface area contributed by atoms with Gasteiger partial charge in [0.2, 0.25) is 5.91 Å². The number of nitrogens with zero attached hydrogens (tertiary/aromatic N) is 1. The van der Waals surface area contributed by atoms with Crippen molar-refractivity contribution in [2.45, 2.75) is 24.2 Å². The Kier molecular flexibility index (Phi) is 5.63. The molecular formula is C14H15BrN2OS2. The Labute approximate surface area is 135 Å². The SMILES string of the molecule is Cc1csc(SCC(=O)N[C@@H](C)c2ccccc2Br)n1. The summed E-state index contributed by atoms with van der Waals surface area (Å²) in [4.78, 5) is 16.3. The molecule has 1 N–H and O–H groups in total. The smallest absolute Gasteiger partial charge is 0.230 e. The van der Waals surface area contributed by atoms with Crippen molar-refractivity contribution in [1.82, 2.24) is 10.3 Å². The highest BCUT2D eigenvalue weighted by atomic mass is 79.9. The van der Waals surface area contributed by atoms with E-state index < -0.39 is 0 Å². The number of amides is 1. The molecule has 3 nitrogen and oxygen atoms in total. The van der Waals surface area contributed by atoms with Crippen LogP contribution >= 0.6 is 39.0 Å². The number of aryl methyl sites for hydroxylation is 1. The van der Waals surface area contributed by atoms with Gasteiger partial charge in [0.25, 0.3) is 0 Å². The highest BCUT2D eigenvalue weighted by Crippen LogP contribution is 2.24. The number of hydrogen-bond acceptors (Lipinski definition) is 4. The zero-order valence-electron chi connectivity index (χ0n) is 11.2. The first-order valence-corrected chi connectivity index (χ1v) is 8.81. The Morgan fingerprint density at radius 2 is 2.25 bits per heavy atom. The van der Waals surface area contributed by atoms with Gasteiger partial charge in [0, 0.05) is 15.5 Å². The number of rotatable bonds is 5. The second kappa shape index (κ2) is 7.24. The third kappa shape index (κ3) is 4.33. The van der Waals surface area contributed by atoms with Crippen LogP contribution in [0.25, 0.3) is 0 Å². The van der Waals surface area contributed by atoms with Gasteiger partial charge in [-0.05, 0) is 25.5 Å². The maximum absolute atomic E-state index is 11.9. The van der Waals surface area contributed by atoms with E-state index in [-0.39, 0.29) is 11.9 Å². The summed E-state index contributed by atoms with van der Waals surface area (Å²) in [7, 11) is 0. The molecule has 0 spiro atoms. The number of thioether (sulfide) groups is 1. The van der Waals surface area contributed by atoms with Crippen LogP contribution in [0, 0.1) is 6.92 Å². The number of aromatic nitrogens is 1. The second-order valence-electron chi connectivity index (χ2n) is 4.35. The zero-order chi connectivity index (χ0) is 14.5. The van der Waals surface area contributed by atoms with Gasteiger partial charge in [-0.25, -0.2) is 4.98 Å². The number of thiazole rings is 1. The van der Waals surface area contributed by atoms with Crippen LogP contribution in [0.3, 0.4) is 0 Å². The molecule has 2 rings (SSSR count). The molecule has 1 atom stereocenters. The predicted octanol–water partition coefficient (Wildman–Crippen LogP) is 4.18. The van der Waals surface area contributed by atoms with Crippen molar-refractivity contribution >= 4 is 44.9 Å². The Morgan fingerprint density at radius 1 is 1.50 bits per heavy atom. The average molecular weight is 371 g/mol. The minimum Gasteiger partial charge on any atom is -0.349 e. The lowest BCUT2D eigenvalue weighted by Crippen LogP contribution is -2.28. The maximum Gasteiger partial charge on any atom is 0.230 e. The highest BCUT2D eigenvalue weighted by Gasteiger charge is 2.12. The van der Waals surface area contributed by atoms with E-state index in [1.54, 1.807) is 11.3 Å². The van der Waals surface area contributed by atoms with E-state index in [0.29, 0.717) is 5.75 Å². The molecule has 0 aliphatic rings. The summed E-state index contributed by atoms with van der Waals surface area (Å²) in [5, 5.41) is 4.99. The topological polar surface area (TPSA) is 42.0 Å². The van der Waals surface area contributed by atoms with Gasteiger partial charge in [-0.15, -0.1) is 11.3 Å². The maximum atomic E-state index is 11.9. The van der Waals surface area contributed by atoms with Crippen molar-refractivity contribution in [3.63, 3.8) is 0 Å². The van der Waals surface area contributed by atoms with Gasteiger partial charge in [-0.2, -0.15) is 0 Å².